The second kappa shape index (κ2) is 11.5. The summed E-state index contributed by atoms with van der Waals surface area (Å²) in [4.78, 5) is 59.8. The van der Waals surface area contributed by atoms with E-state index in [4.69, 9.17) is 14.2 Å². The van der Waals surface area contributed by atoms with Crippen molar-refractivity contribution in [3.8, 4) is 0 Å². The Labute approximate surface area is 180 Å². The molecule has 0 aliphatic carbocycles. The first-order valence-electron chi connectivity index (χ1n) is 10.0. The number of esters is 1. The second-order valence-corrected chi connectivity index (χ2v) is 7.86. The van der Waals surface area contributed by atoms with Crippen LogP contribution in [0.25, 0.3) is 0 Å². The Balaban J connectivity index is 2.77. The van der Waals surface area contributed by atoms with Gasteiger partial charge in [0, 0.05) is 6.54 Å². The van der Waals surface area contributed by atoms with Gasteiger partial charge in [-0.1, -0.05) is 13.3 Å². The summed E-state index contributed by atoms with van der Waals surface area (Å²) in [5.74, 6) is -3.39. The minimum absolute atomic E-state index is 0.136. The fraction of sp³-hybridized carbons (Fsp3) is 0.737. The van der Waals surface area contributed by atoms with Crippen molar-refractivity contribution in [3.05, 3.63) is 0 Å². The van der Waals surface area contributed by atoms with Gasteiger partial charge in [-0.25, -0.2) is 14.4 Å². The molecule has 0 aromatic rings. The zero-order valence-corrected chi connectivity index (χ0v) is 18.4. The maximum Gasteiger partial charge on any atom is 0.408 e. The third-order valence-corrected chi connectivity index (χ3v) is 3.95. The number of carbonyl (C=O) groups is 5. The molecule has 12 heteroatoms. The van der Waals surface area contributed by atoms with Gasteiger partial charge in [-0.15, -0.1) is 0 Å². The highest BCUT2D eigenvalue weighted by atomic mass is 16.6. The van der Waals surface area contributed by atoms with Crippen LogP contribution in [0.15, 0.2) is 0 Å². The van der Waals surface area contributed by atoms with Gasteiger partial charge in [0.2, 0.25) is 5.91 Å². The monoisotopic (exact) mass is 445 g/mol. The smallest absolute Gasteiger partial charge is 0.408 e. The van der Waals surface area contributed by atoms with E-state index in [0.29, 0.717) is 6.42 Å². The SMILES string of the molecule is CCC[C@H](NC(=O)[C@H](CNC(=O)[C@@H]1O[C@H]1C(=O)OCC)NC(=O)OC(C)(C)C)C(=O)O. The molecule has 1 fully saturated rings. The van der Waals surface area contributed by atoms with Gasteiger partial charge in [-0.3, -0.25) is 9.59 Å². The first kappa shape index (κ1) is 26.1. The normalized spacial score (nSPS) is 19.4. The van der Waals surface area contributed by atoms with Crippen molar-refractivity contribution >= 4 is 29.8 Å². The number of carboxylic acids is 1. The maximum atomic E-state index is 12.6. The molecule has 1 rings (SSSR count). The summed E-state index contributed by atoms with van der Waals surface area (Å²) in [6.45, 7) is 8.02. The van der Waals surface area contributed by atoms with E-state index in [1.54, 1.807) is 34.6 Å². The lowest BCUT2D eigenvalue weighted by molar-refractivity contribution is -0.144. The lowest BCUT2D eigenvalue weighted by Gasteiger charge is -2.24. The van der Waals surface area contributed by atoms with Crippen LogP contribution in [0.3, 0.4) is 0 Å². The highest BCUT2D eigenvalue weighted by molar-refractivity contribution is 5.94. The molecule has 4 atom stereocenters. The Bertz CT molecular complexity index is 690. The zero-order valence-electron chi connectivity index (χ0n) is 18.4. The predicted octanol–water partition coefficient (Wildman–Crippen LogP) is -0.304. The summed E-state index contributed by atoms with van der Waals surface area (Å²) in [5.41, 5.74) is -0.838. The van der Waals surface area contributed by atoms with Crippen LogP contribution in [0.1, 0.15) is 47.5 Å². The molecular weight excluding hydrogens is 414 g/mol. The number of alkyl carbamates (subject to hydrolysis) is 1. The molecule has 4 N–H and O–H groups in total. The molecule has 1 heterocycles. The summed E-state index contributed by atoms with van der Waals surface area (Å²) in [6.07, 6.45) is -2.31. The Hall–Kier alpha value is -2.89. The summed E-state index contributed by atoms with van der Waals surface area (Å²) in [7, 11) is 0. The maximum absolute atomic E-state index is 12.6. The van der Waals surface area contributed by atoms with E-state index in [1.165, 1.54) is 0 Å². The standard InChI is InChI=1S/C19H31N3O9/c1-6-8-10(16(25)26)21-14(23)11(22-18(28)31-19(3,4)5)9-20-15(24)12-13(30-12)17(27)29-7-2/h10-13H,6-9H2,1-5H3,(H,20,24)(H,21,23)(H,22,28)(H,25,26)/t10-,11-,12+,13+/m0/s1. The second-order valence-electron chi connectivity index (χ2n) is 7.86. The van der Waals surface area contributed by atoms with Gasteiger partial charge in [-0.2, -0.15) is 0 Å². The molecule has 31 heavy (non-hydrogen) atoms. The molecule has 1 aliphatic heterocycles. The molecule has 0 bridgehead atoms. The summed E-state index contributed by atoms with van der Waals surface area (Å²) < 4.78 is 14.9. The molecule has 12 nitrogen and oxygen atoms in total. The lowest BCUT2D eigenvalue weighted by atomic mass is 10.1. The average Bonchev–Trinajstić information content (AvgIpc) is 3.44. The zero-order chi connectivity index (χ0) is 23.8. The van der Waals surface area contributed by atoms with E-state index in [9.17, 15) is 29.1 Å². The van der Waals surface area contributed by atoms with Gasteiger partial charge < -0.3 is 35.3 Å². The molecule has 0 spiro atoms. The van der Waals surface area contributed by atoms with Crippen LogP contribution in [-0.4, -0.2) is 78.0 Å². The van der Waals surface area contributed by atoms with E-state index >= 15 is 0 Å². The Morgan fingerprint density at radius 2 is 1.68 bits per heavy atom. The molecule has 0 radical (unpaired) electrons. The summed E-state index contributed by atoms with van der Waals surface area (Å²) in [5, 5.41) is 16.3. The van der Waals surface area contributed by atoms with E-state index in [-0.39, 0.29) is 19.6 Å². The third-order valence-electron chi connectivity index (χ3n) is 3.95. The van der Waals surface area contributed by atoms with Gasteiger partial charge in [0.1, 0.15) is 17.7 Å². The van der Waals surface area contributed by atoms with Crippen LogP contribution in [0.2, 0.25) is 0 Å². The van der Waals surface area contributed by atoms with Gasteiger partial charge >= 0.3 is 18.0 Å². The summed E-state index contributed by atoms with van der Waals surface area (Å²) in [6, 6.07) is -2.48. The lowest BCUT2D eigenvalue weighted by Crippen LogP contribution is -2.56. The molecular formula is C19H31N3O9. The molecule has 0 aromatic heterocycles. The number of carboxylic acid groups (broad SMARTS) is 1. The molecule has 0 aromatic carbocycles. The highest BCUT2D eigenvalue weighted by Gasteiger charge is 2.51. The Morgan fingerprint density at radius 1 is 1.03 bits per heavy atom. The van der Waals surface area contributed by atoms with Crippen LogP contribution >= 0.6 is 0 Å². The third kappa shape index (κ3) is 9.20. The van der Waals surface area contributed by atoms with Crippen molar-refractivity contribution in [2.24, 2.45) is 0 Å². The van der Waals surface area contributed by atoms with Gasteiger partial charge in [0.05, 0.1) is 6.61 Å². The number of aliphatic carboxylic acids is 1. The number of hydrogen-bond acceptors (Lipinski definition) is 8. The number of ether oxygens (including phenoxy) is 3. The fourth-order valence-corrected chi connectivity index (χ4v) is 2.50. The van der Waals surface area contributed by atoms with Gasteiger partial charge in [-0.05, 0) is 34.1 Å². The number of carbonyl (C=O) groups excluding carboxylic acids is 4. The van der Waals surface area contributed by atoms with Crippen molar-refractivity contribution < 1.29 is 43.3 Å². The topological polar surface area (TPSA) is 173 Å². The van der Waals surface area contributed by atoms with E-state index in [1.807, 2.05) is 0 Å². The number of epoxide rings is 1. The van der Waals surface area contributed by atoms with Crippen molar-refractivity contribution in [2.75, 3.05) is 13.2 Å². The molecule has 176 valence electrons. The van der Waals surface area contributed by atoms with Gasteiger partial charge in [0.15, 0.2) is 12.2 Å². The number of rotatable bonds is 11. The van der Waals surface area contributed by atoms with Crippen molar-refractivity contribution in [2.45, 2.75) is 77.4 Å². The van der Waals surface area contributed by atoms with Gasteiger partial charge in [0.25, 0.3) is 5.91 Å². The molecule has 1 aliphatic rings. The van der Waals surface area contributed by atoms with E-state index in [2.05, 4.69) is 16.0 Å². The highest BCUT2D eigenvalue weighted by Crippen LogP contribution is 2.23. The van der Waals surface area contributed by atoms with Crippen molar-refractivity contribution in [1.82, 2.24) is 16.0 Å². The van der Waals surface area contributed by atoms with Crippen LogP contribution in [0.5, 0.6) is 0 Å². The van der Waals surface area contributed by atoms with Crippen molar-refractivity contribution in [1.29, 1.82) is 0 Å². The van der Waals surface area contributed by atoms with E-state index < -0.39 is 59.7 Å². The van der Waals surface area contributed by atoms with Crippen molar-refractivity contribution in [3.63, 3.8) is 0 Å². The van der Waals surface area contributed by atoms with Crippen LogP contribution in [-0.2, 0) is 33.4 Å². The molecule has 1 saturated heterocycles. The quantitative estimate of drug-likeness (QED) is 0.246. The Morgan fingerprint density at radius 3 is 2.19 bits per heavy atom. The fourth-order valence-electron chi connectivity index (χ4n) is 2.50. The van der Waals surface area contributed by atoms with Crippen LogP contribution in [0, 0.1) is 0 Å². The first-order valence-corrected chi connectivity index (χ1v) is 10.0. The minimum atomic E-state index is -1.32. The molecule has 3 amide bonds. The number of nitrogens with one attached hydrogen (secondary N) is 3. The predicted molar refractivity (Wildman–Crippen MR) is 106 cm³/mol. The van der Waals surface area contributed by atoms with Crippen LogP contribution in [0.4, 0.5) is 4.79 Å². The molecule has 0 unspecified atom stereocenters. The average molecular weight is 445 g/mol. The summed E-state index contributed by atoms with van der Waals surface area (Å²) >= 11 is 0. The number of hydrogen-bond donors (Lipinski definition) is 4. The first-order chi connectivity index (χ1) is 14.4. The molecule has 0 saturated carbocycles. The number of amides is 3. The minimum Gasteiger partial charge on any atom is -0.480 e. The Kier molecular flexibility index (Phi) is 9.69. The van der Waals surface area contributed by atoms with E-state index in [0.717, 1.165) is 0 Å². The van der Waals surface area contributed by atoms with Crippen LogP contribution < -0.4 is 16.0 Å². The largest absolute Gasteiger partial charge is 0.480 e.